The van der Waals surface area contributed by atoms with Crippen LogP contribution in [-0.2, 0) is 11.3 Å². The van der Waals surface area contributed by atoms with Crippen LogP contribution in [0.5, 0.6) is 0 Å². The number of hydrogen-bond acceptors (Lipinski definition) is 6. The molecule has 20 heavy (non-hydrogen) atoms. The predicted octanol–water partition coefficient (Wildman–Crippen LogP) is 1.62. The topological polar surface area (TPSA) is 50.3 Å². The molecule has 1 aromatic heterocycles. The molecule has 3 heterocycles. The molecular weight excluding hydrogens is 272 g/mol. The van der Waals surface area contributed by atoms with Gasteiger partial charge in [-0.15, -0.1) is 0 Å². The van der Waals surface area contributed by atoms with E-state index in [0.717, 1.165) is 26.1 Å². The molecule has 0 unspecified atom stereocenters. The molecule has 2 aliphatic rings. The Morgan fingerprint density at radius 3 is 2.80 bits per heavy atom. The molecule has 2 aliphatic heterocycles. The van der Waals surface area contributed by atoms with Crippen molar-refractivity contribution in [1.82, 2.24) is 14.9 Å². The van der Waals surface area contributed by atoms with E-state index in [1.807, 2.05) is 24.2 Å². The summed E-state index contributed by atoms with van der Waals surface area (Å²) < 4.78 is 5.57. The van der Waals surface area contributed by atoms with Gasteiger partial charge in [0.1, 0.15) is 0 Å². The van der Waals surface area contributed by atoms with Crippen molar-refractivity contribution in [2.24, 2.45) is 0 Å². The zero-order valence-corrected chi connectivity index (χ0v) is 12.6. The van der Waals surface area contributed by atoms with Crippen molar-refractivity contribution in [3.8, 4) is 0 Å². The Hall–Kier alpha value is -0.850. The predicted molar refractivity (Wildman–Crippen MR) is 82.1 cm³/mol. The Labute approximate surface area is 124 Å². The number of hydrogen-bond donors (Lipinski definition) is 1. The first-order valence-electron chi connectivity index (χ1n) is 7.36. The van der Waals surface area contributed by atoms with Gasteiger partial charge in [0.05, 0.1) is 6.10 Å². The molecule has 2 saturated heterocycles. The summed E-state index contributed by atoms with van der Waals surface area (Å²) in [6.45, 7) is 5.00. The number of thioether (sulfide) groups is 1. The molecule has 2 fully saturated rings. The third kappa shape index (κ3) is 4.07. The maximum absolute atomic E-state index is 5.57. The molecule has 1 N–H and O–H groups in total. The van der Waals surface area contributed by atoms with Gasteiger partial charge in [0.15, 0.2) is 0 Å². The van der Waals surface area contributed by atoms with Crippen molar-refractivity contribution in [2.75, 3.05) is 43.1 Å². The van der Waals surface area contributed by atoms with E-state index < -0.39 is 0 Å². The van der Waals surface area contributed by atoms with Gasteiger partial charge in [-0.3, -0.25) is 4.90 Å². The van der Waals surface area contributed by atoms with Crippen LogP contribution in [0, 0.1) is 0 Å². The summed E-state index contributed by atoms with van der Waals surface area (Å²) in [5.41, 5.74) is 1.19. The number of nitrogens with one attached hydrogen (secondary N) is 1. The van der Waals surface area contributed by atoms with Gasteiger partial charge in [-0.05, 0) is 12.8 Å². The van der Waals surface area contributed by atoms with Crippen LogP contribution in [0.4, 0.5) is 5.95 Å². The summed E-state index contributed by atoms with van der Waals surface area (Å²) in [5.74, 6) is 3.18. The second-order valence-corrected chi connectivity index (χ2v) is 6.54. The fraction of sp³-hybridized carbons (Fsp3) is 0.714. The van der Waals surface area contributed by atoms with Gasteiger partial charge in [0.25, 0.3) is 0 Å². The molecule has 0 bridgehead atoms. The highest BCUT2D eigenvalue weighted by molar-refractivity contribution is 7.99. The molecule has 0 aromatic carbocycles. The number of nitrogens with zero attached hydrogens (tertiary/aromatic N) is 3. The van der Waals surface area contributed by atoms with Gasteiger partial charge in [0.2, 0.25) is 5.95 Å². The molecule has 6 heteroatoms. The number of rotatable bonds is 5. The summed E-state index contributed by atoms with van der Waals surface area (Å²) in [6.07, 6.45) is 6.50. The lowest BCUT2D eigenvalue weighted by molar-refractivity contribution is 0.120. The maximum Gasteiger partial charge on any atom is 0.222 e. The average molecular weight is 294 g/mol. The standard InChI is InChI=1S/C14H22N4OS/c1-2-13(19-5-1)10-17-14-15-8-12(9-16-14)11-18-3-6-20-7-4-18/h8-9,13H,1-7,10-11H2,(H,15,16,17)/t13-/m1/s1. The van der Waals surface area contributed by atoms with Gasteiger partial charge >= 0.3 is 0 Å². The van der Waals surface area contributed by atoms with E-state index in [-0.39, 0.29) is 0 Å². The minimum absolute atomic E-state index is 0.323. The maximum atomic E-state index is 5.57. The van der Waals surface area contributed by atoms with E-state index in [2.05, 4.69) is 20.2 Å². The summed E-state index contributed by atoms with van der Waals surface area (Å²) in [4.78, 5) is 11.3. The van der Waals surface area contributed by atoms with E-state index >= 15 is 0 Å². The third-order valence-corrected chi connectivity index (χ3v) is 4.67. The minimum atomic E-state index is 0.323. The lowest BCUT2D eigenvalue weighted by Gasteiger charge is -2.25. The second kappa shape index (κ2) is 7.24. The lowest BCUT2D eigenvalue weighted by Crippen LogP contribution is -2.32. The van der Waals surface area contributed by atoms with Gasteiger partial charge in [-0.1, -0.05) is 0 Å². The van der Waals surface area contributed by atoms with Gasteiger partial charge in [-0.2, -0.15) is 11.8 Å². The Kier molecular flexibility index (Phi) is 5.11. The van der Waals surface area contributed by atoms with Crippen LogP contribution in [0.2, 0.25) is 0 Å². The smallest absolute Gasteiger partial charge is 0.222 e. The fourth-order valence-electron chi connectivity index (χ4n) is 2.56. The highest BCUT2D eigenvalue weighted by Gasteiger charge is 2.15. The molecule has 0 saturated carbocycles. The third-order valence-electron chi connectivity index (χ3n) is 3.73. The molecule has 5 nitrogen and oxygen atoms in total. The molecule has 0 radical (unpaired) electrons. The van der Waals surface area contributed by atoms with E-state index in [1.54, 1.807) is 0 Å². The highest BCUT2D eigenvalue weighted by atomic mass is 32.2. The summed E-state index contributed by atoms with van der Waals surface area (Å²) in [7, 11) is 0. The van der Waals surface area contributed by atoms with Crippen molar-refractivity contribution >= 4 is 17.7 Å². The van der Waals surface area contributed by atoms with Gasteiger partial charge < -0.3 is 10.1 Å². The fourth-order valence-corrected chi connectivity index (χ4v) is 3.53. The Bertz CT molecular complexity index is 402. The molecule has 1 atom stereocenters. The quantitative estimate of drug-likeness (QED) is 0.890. The van der Waals surface area contributed by atoms with Crippen LogP contribution in [0.3, 0.4) is 0 Å². The van der Waals surface area contributed by atoms with Crippen molar-refractivity contribution < 1.29 is 4.74 Å². The van der Waals surface area contributed by atoms with E-state index in [0.29, 0.717) is 12.1 Å². The van der Waals surface area contributed by atoms with Crippen LogP contribution in [0.15, 0.2) is 12.4 Å². The average Bonchev–Trinajstić information content (AvgIpc) is 3.01. The minimum Gasteiger partial charge on any atom is -0.376 e. The van der Waals surface area contributed by atoms with Crippen LogP contribution < -0.4 is 5.32 Å². The van der Waals surface area contributed by atoms with Crippen LogP contribution in [-0.4, -0.2) is 58.7 Å². The van der Waals surface area contributed by atoms with E-state index in [1.165, 1.54) is 36.6 Å². The number of anilines is 1. The first-order valence-corrected chi connectivity index (χ1v) is 8.52. The van der Waals surface area contributed by atoms with E-state index in [9.17, 15) is 0 Å². The van der Waals surface area contributed by atoms with Crippen LogP contribution in [0.1, 0.15) is 18.4 Å². The molecular formula is C14H22N4OS. The van der Waals surface area contributed by atoms with Crippen molar-refractivity contribution in [2.45, 2.75) is 25.5 Å². The first kappa shape index (κ1) is 14.1. The highest BCUT2D eigenvalue weighted by Crippen LogP contribution is 2.14. The zero-order valence-electron chi connectivity index (χ0n) is 11.8. The Morgan fingerprint density at radius 1 is 1.30 bits per heavy atom. The first-order chi connectivity index (χ1) is 9.90. The second-order valence-electron chi connectivity index (χ2n) is 5.32. The summed E-state index contributed by atoms with van der Waals surface area (Å²) in [5, 5.41) is 3.25. The van der Waals surface area contributed by atoms with Crippen molar-refractivity contribution in [3.63, 3.8) is 0 Å². The molecule has 0 spiro atoms. The Balaban J connectivity index is 1.46. The zero-order chi connectivity index (χ0) is 13.6. The number of aromatic nitrogens is 2. The molecule has 110 valence electrons. The molecule has 1 aromatic rings. The van der Waals surface area contributed by atoms with Gasteiger partial charge in [0, 0.05) is 62.2 Å². The van der Waals surface area contributed by atoms with E-state index in [4.69, 9.17) is 4.74 Å². The van der Waals surface area contributed by atoms with Crippen molar-refractivity contribution in [1.29, 1.82) is 0 Å². The number of ether oxygens (including phenoxy) is 1. The normalized spacial score (nSPS) is 23.9. The van der Waals surface area contributed by atoms with Crippen LogP contribution >= 0.6 is 11.8 Å². The summed E-state index contributed by atoms with van der Waals surface area (Å²) >= 11 is 2.04. The van der Waals surface area contributed by atoms with Crippen molar-refractivity contribution in [3.05, 3.63) is 18.0 Å². The molecule has 3 rings (SSSR count). The lowest BCUT2D eigenvalue weighted by atomic mass is 10.2. The largest absolute Gasteiger partial charge is 0.376 e. The monoisotopic (exact) mass is 294 g/mol. The van der Waals surface area contributed by atoms with Gasteiger partial charge in [-0.25, -0.2) is 9.97 Å². The Morgan fingerprint density at radius 2 is 2.10 bits per heavy atom. The van der Waals surface area contributed by atoms with Crippen LogP contribution in [0.25, 0.3) is 0 Å². The SMILES string of the molecule is c1nc(NC[C@H]2CCCO2)ncc1CN1CCSCC1. The summed E-state index contributed by atoms with van der Waals surface area (Å²) in [6, 6.07) is 0. The molecule has 0 aliphatic carbocycles. The molecule has 0 amide bonds.